The number of hydrogen-bond acceptors (Lipinski definition) is 6. The lowest BCUT2D eigenvalue weighted by molar-refractivity contribution is -0.115. The van der Waals surface area contributed by atoms with Gasteiger partial charge in [-0.2, -0.15) is 0 Å². The van der Waals surface area contributed by atoms with Gasteiger partial charge in [-0.25, -0.2) is 8.42 Å². The zero-order chi connectivity index (χ0) is 25.3. The maximum atomic E-state index is 12.7. The highest BCUT2D eigenvalue weighted by molar-refractivity contribution is 7.92. The Morgan fingerprint density at radius 2 is 1.63 bits per heavy atom. The van der Waals surface area contributed by atoms with Gasteiger partial charge in [0.1, 0.15) is 11.5 Å². The Bertz CT molecular complexity index is 1310. The number of amides is 1. The van der Waals surface area contributed by atoms with Gasteiger partial charge in [-0.1, -0.05) is 18.2 Å². The van der Waals surface area contributed by atoms with Crippen LogP contribution < -0.4 is 24.8 Å². The Balaban J connectivity index is 1.56. The van der Waals surface area contributed by atoms with E-state index in [2.05, 4.69) is 15.4 Å². The molecule has 0 spiro atoms. The van der Waals surface area contributed by atoms with E-state index in [0.717, 1.165) is 5.56 Å². The minimum atomic E-state index is -3.78. The van der Waals surface area contributed by atoms with Crippen LogP contribution in [-0.4, -0.2) is 33.2 Å². The smallest absolute Gasteiger partial charge is 0.261 e. The van der Waals surface area contributed by atoms with Crippen molar-refractivity contribution in [2.24, 2.45) is 0 Å². The van der Waals surface area contributed by atoms with Crippen LogP contribution in [0, 0.1) is 0 Å². The van der Waals surface area contributed by atoms with Crippen molar-refractivity contribution in [3.8, 4) is 11.5 Å². The first-order valence-corrected chi connectivity index (χ1v) is 12.5. The summed E-state index contributed by atoms with van der Waals surface area (Å²) in [6, 6.07) is 19.9. The molecule has 10 heteroatoms. The predicted octanol–water partition coefficient (Wildman–Crippen LogP) is 4.42. The fourth-order valence-corrected chi connectivity index (χ4v) is 4.28. The van der Waals surface area contributed by atoms with Crippen molar-refractivity contribution in [2.75, 3.05) is 23.8 Å². The maximum absolute atomic E-state index is 12.7. The van der Waals surface area contributed by atoms with E-state index in [9.17, 15) is 13.2 Å². The van der Waals surface area contributed by atoms with Crippen LogP contribution >= 0.6 is 12.2 Å². The van der Waals surface area contributed by atoms with Crippen LogP contribution in [0.3, 0.4) is 0 Å². The molecule has 3 N–H and O–H groups in total. The Kier molecular flexibility index (Phi) is 8.82. The first-order valence-electron chi connectivity index (χ1n) is 10.6. The van der Waals surface area contributed by atoms with Crippen LogP contribution in [0.1, 0.15) is 12.5 Å². The second kappa shape index (κ2) is 12.0. The average Bonchev–Trinajstić information content (AvgIpc) is 2.84. The molecule has 0 aromatic heterocycles. The van der Waals surface area contributed by atoms with Crippen molar-refractivity contribution in [3.05, 3.63) is 84.4 Å². The molecule has 0 heterocycles. The van der Waals surface area contributed by atoms with E-state index in [1.54, 1.807) is 55.7 Å². The highest BCUT2D eigenvalue weighted by atomic mass is 32.2. The summed E-state index contributed by atoms with van der Waals surface area (Å²) >= 11 is 5.17. The van der Waals surface area contributed by atoms with Gasteiger partial charge in [0.25, 0.3) is 10.0 Å². The summed E-state index contributed by atoms with van der Waals surface area (Å²) in [4.78, 5) is 12.2. The molecule has 3 rings (SSSR count). The molecule has 0 fully saturated rings. The molecule has 3 aromatic carbocycles. The third-order valence-electron chi connectivity index (χ3n) is 4.63. The Morgan fingerprint density at radius 3 is 2.29 bits per heavy atom. The highest BCUT2D eigenvalue weighted by Gasteiger charge is 2.14. The van der Waals surface area contributed by atoms with Gasteiger partial charge in [0.05, 0.1) is 18.6 Å². The van der Waals surface area contributed by atoms with Crippen LogP contribution in [0.2, 0.25) is 0 Å². The van der Waals surface area contributed by atoms with E-state index in [-0.39, 0.29) is 10.0 Å². The summed E-state index contributed by atoms with van der Waals surface area (Å²) in [5.41, 5.74) is 1.68. The van der Waals surface area contributed by atoms with E-state index < -0.39 is 15.9 Å². The number of rotatable bonds is 9. The molecule has 0 bridgehead atoms. The second-order valence-electron chi connectivity index (χ2n) is 7.11. The predicted molar refractivity (Wildman–Crippen MR) is 141 cm³/mol. The number of carbonyl (C=O) groups excluding carboxylic acids is 1. The van der Waals surface area contributed by atoms with Crippen molar-refractivity contribution in [2.45, 2.75) is 11.8 Å². The Hall–Kier alpha value is -3.89. The topological polar surface area (TPSA) is 106 Å². The molecule has 8 nitrogen and oxygen atoms in total. The van der Waals surface area contributed by atoms with Crippen molar-refractivity contribution in [1.29, 1.82) is 0 Å². The second-order valence-corrected chi connectivity index (χ2v) is 9.20. The fourth-order valence-electron chi connectivity index (χ4n) is 3.00. The molecule has 0 saturated heterocycles. The summed E-state index contributed by atoms with van der Waals surface area (Å²) in [5, 5.41) is 5.46. The minimum absolute atomic E-state index is 0.0720. The number of benzene rings is 3. The van der Waals surface area contributed by atoms with Crippen LogP contribution in [0.5, 0.6) is 11.5 Å². The zero-order valence-electron chi connectivity index (χ0n) is 19.1. The number of anilines is 2. The van der Waals surface area contributed by atoms with E-state index in [4.69, 9.17) is 21.7 Å². The Morgan fingerprint density at radius 1 is 0.971 bits per heavy atom. The lowest BCUT2D eigenvalue weighted by Crippen LogP contribution is -2.32. The zero-order valence-corrected chi connectivity index (χ0v) is 20.8. The molecule has 35 heavy (non-hydrogen) atoms. The molecule has 0 atom stereocenters. The number of methoxy groups -OCH3 is 1. The quantitative estimate of drug-likeness (QED) is 0.288. The lowest BCUT2D eigenvalue weighted by atomic mass is 10.2. The number of nitrogens with one attached hydrogen (secondary N) is 3. The molecule has 0 aliphatic rings. The molecule has 182 valence electrons. The number of hydrogen-bond donors (Lipinski definition) is 3. The third kappa shape index (κ3) is 7.56. The number of carbonyl (C=O) groups is 1. The van der Waals surface area contributed by atoms with Gasteiger partial charge >= 0.3 is 0 Å². The molecule has 0 aliphatic carbocycles. The summed E-state index contributed by atoms with van der Waals surface area (Å²) in [6.07, 6.45) is 2.96. The van der Waals surface area contributed by atoms with Gasteiger partial charge in [0, 0.05) is 23.0 Å². The normalized spacial score (nSPS) is 11.0. The van der Waals surface area contributed by atoms with E-state index in [0.29, 0.717) is 29.5 Å². The molecule has 1 amide bonds. The minimum Gasteiger partial charge on any atom is -0.496 e. The largest absolute Gasteiger partial charge is 0.496 e. The van der Waals surface area contributed by atoms with Gasteiger partial charge in [0.15, 0.2) is 5.11 Å². The molecule has 0 unspecified atom stereocenters. The number of ether oxygens (including phenoxy) is 2. The molecule has 0 radical (unpaired) electrons. The maximum Gasteiger partial charge on any atom is 0.261 e. The standard InChI is InChI=1S/C25H25N3O5S2/c1-3-33-21-13-9-20(10-14-21)28-35(30,31)22-15-11-19(12-16-22)26-25(34)27-24(29)17-8-18-6-4-5-7-23(18)32-2/h4-17,28H,3H2,1-2H3,(H2,26,27,29,34). The van der Waals surface area contributed by atoms with E-state index in [1.807, 2.05) is 25.1 Å². The molecular weight excluding hydrogens is 486 g/mol. The third-order valence-corrected chi connectivity index (χ3v) is 6.23. The van der Waals surface area contributed by atoms with Crippen LogP contribution in [-0.2, 0) is 14.8 Å². The van der Waals surface area contributed by atoms with Crippen LogP contribution in [0.25, 0.3) is 6.08 Å². The van der Waals surface area contributed by atoms with Crippen molar-refractivity contribution in [1.82, 2.24) is 5.32 Å². The van der Waals surface area contributed by atoms with Crippen molar-refractivity contribution in [3.63, 3.8) is 0 Å². The fraction of sp³-hybridized carbons (Fsp3) is 0.120. The summed E-state index contributed by atoms with van der Waals surface area (Å²) in [6.45, 7) is 2.40. The van der Waals surface area contributed by atoms with Gasteiger partial charge in [-0.05, 0) is 79.8 Å². The molecular formula is C25H25N3O5S2. The van der Waals surface area contributed by atoms with Gasteiger partial charge in [-0.3, -0.25) is 14.8 Å². The van der Waals surface area contributed by atoms with Gasteiger partial charge in [-0.15, -0.1) is 0 Å². The van der Waals surface area contributed by atoms with Crippen molar-refractivity contribution >= 4 is 50.7 Å². The molecule has 0 aliphatic heterocycles. The number of para-hydroxylation sites is 1. The van der Waals surface area contributed by atoms with Gasteiger partial charge < -0.3 is 14.8 Å². The van der Waals surface area contributed by atoms with Crippen LogP contribution in [0.15, 0.2) is 83.8 Å². The number of thiocarbonyl (C=S) groups is 1. The van der Waals surface area contributed by atoms with E-state index in [1.165, 1.54) is 18.2 Å². The first kappa shape index (κ1) is 25.7. The van der Waals surface area contributed by atoms with Gasteiger partial charge in [0.2, 0.25) is 5.91 Å². The summed E-state index contributed by atoms with van der Waals surface area (Å²) < 4.78 is 38.5. The summed E-state index contributed by atoms with van der Waals surface area (Å²) in [5.74, 6) is 0.876. The molecule has 3 aromatic rings. The highest BCUT2D eigenvalue weighted by Crippen LogP contribution is 2.21. The monoisotopic (exact) mass is 511 g/mol. The van der Waals surface area contributed by atoms with Crippen LogP contribution in [0.4, 0.5) is 11.4 Å². The number of sulfonamides is 1. The molecule has 0 saturated carbocycles. The average molecular weight is 512 g/mol. The summed E-state index contributed by atoms with van der Waals surface area (Å²) in [7, 11) is -2.23. The van der Waals surface area contributed by atoms with E-state index >= 15 is 0 Å². The lowest BCUT2D eigenvalue weighted by Gasteiger charge is -2.11. The SMILES string of the molecule is CCOc1ccc(NS(=O)(=O)c2ccc(NC(=S)NC(=O)C=Cc3ccccc3OC)cc2)cc1. The Labute approximate surface area is 210 Å². The van der Waals surface area contributed by atoms with Crippen molar-refractivity contribution < 1.29 is 22.7 Å². The first-order chi connectivity index (χ1) is 16.8.